The summed E-state index contributed by atoms with van der Waals surface area (Å²) >= 11 is 0. The van der Waals surface area contributed by atoms with Crippen LogP contribution in [-0.4, -0.2) is 44.8 Å². The predicted octanol–water partition coefficient (Wildman–Crippen LogP) is 2.44. The third kappa shape index (κ3) is 3.83. The lowest BCUT2D eigenvalue weighted by Crippen LogP contribution is -2.47. The zero-order chi connectivity index (χ0) is 17.1. The highest BCUT2D eigenvalue weighted by molar-refractivity contribution is 5.80. The molecule has 2 aliphatic heterocycles. The molecule has 0 aliphatic carbocycles. The maximum absolute atomic E-state index is 5.93. The molecule has 1 aromatic carbocycles. The Balaban J connectivity index is 1.65. The number of guanidine groups is 1. The number of hydrogen-bond acceptors (Lipinski definition) is 3. The smallest absolute Gasteiger partial charge is 0.191 e. The molecule has 0 aromatic heterocycles. The van der Waals surface area contributed by atoms with Crippen LogP contribution >= 0.6 is 0 Å². The van der Waals surface area contributed by atoms with Crippen molar-refractivity contribution in [2.75, 3.05) is 25.5 Å². The first-order valence-corrected chi connectivity index (χ1v) is 9.04. The summed E-state index contributed by atoms with van der Waals surface area (Å²) in [6.07, 6.45) is 4.31. The Hall–Kier alpha value is -1.75. The lowest BCUT2D eigenvalue weighted by Gasteiger charge is -2.22. The highest BCUT2D eigenvalue weighted by Crippen LogP contribution is 2.34. The highest BCUT2D eigenvalue weighted by Gasteiger charge is 2.41. The van der Waals surface area contributed by atoms with Gasteiger partial charge in [-0.15, -0.1) is 0 Å². The number of anilines is 1. The summed E-state index contributed by atoms with van der Waals surface area (Å²) in [5.41, 5.74) is 3.77. The summed E-state index contributed by atoms with van der Waals surface area (Å²) in [5.74, 6) is 0.898. The van der Waals surface area contributed by atoms with Gasteiger partial charge >= 0.3 is 0 Å². The van der Waals surface area contributed by atoms with E-state index in [9.17, 15) is 0 Å². The fourth-order valence-corrected chi connectivity index (χ4v) is 3.59. The van der Waals surface area contributed by atoms with Crippen molar-refractivity contribution in [2.24, 2.45) is 4.99 Å². The normalized spacial score (nSPS) is 25.8. The number of fused-ring (bicyclic) bond motifs is 2. The summed E-state index contributed by atoms with van der Waals surface area (Å²) in [7, 11) is 4.13. The second kappa shape index (κ2) is 7.43. The van der Waals surface area contributed by atoms with E-state index in [0.29, 0.717) is 24.8 Å². The molecule has 2 bridgehead atoms. The van der Waals surface area contributed by atoms with Crippen LogP contribution in [0, 0.1) is 6.92 Å². The molecular weight excluding hydrogens is 300 g/mol. The van der Waals surface area contributed by atoms with Crippen LogP contribution in [0.1, 0.15) is 37.3 Å². The minimum Gasteiger partial charge on any atom is -0.378 e. The quantitative estimate of drug-likeness (QED) is 0.643. The van der Waals surface area contributed by atoms with Gasteiger partial charge < -0.3 is 20.3 Å². The van der Waals surface area contributed by atoms with Crippen molar-refractivity contribution in [3.63, 3.8) is 0 Å². The average molecular weight is 330 g/mol. The van der Waals surface area contributed by atoms with E-state index in [-0.39, 0.29) is 0 Å². The van der Waals surface area contributed by atoms with Crippen LogP contribution in [0.2, 0.25) is 0 Å². The van der Waals surface area contributed by atoms with Gasteiger partial charge in [0.05, 0.1) is 24.8 Å². The topological polar surface area (TPSA) is 48.9 Å². The molecule has 5 nitrogen and oxygen atoms in total. The monoisotopic (exact) mass is 330 g/mol. The number of ether oxygens (including phenoxy) is 1. The number of aryl methyl sites for hydroxylation is 1. The van der Waals surface area contributed by atoms with E-state index in [1.807, 2.05) is 0 Å². The first-order chi connectivity index (χ1) is 11.6. The lowest BCUT2D eigenvalue weighted by atomic mass is 9.96. The number of nitrogens with zero attached hydrogens (tertiary/aromatic N) is 2. The van der Waals surface area contributed by atoms with Crippen LogP contribution in [0.15, 0.2) is 23.2 Å². The molecule has 1 aromatic rings. The van der Waals surface area contributed by atoms with Gasteiger partial charge in [-0.3, -0.25) is 0 Å². The Morgan fingerprint density at radius 3 is 2.75 bits per heavy atom. The largest absolute Gasteiger partial charge is 0.378 e. The number of hydrogen-bond donors (Lipinski definition) is 2. The summed E-state index contributed by atoms with van der Waals surface area (Å²) < 4.78 is 5.93. The van der Waals surface area contributed by atoms with Crippen LogP contribution in [-0.2, 0) is 11.3 Å². The Labute approximate surface area is 145 Å². The van der Waals surface area contributed by atoms with Crippen molar-refractivity contribution in [3.05, 3.63) is 29.3 Å². The fourth-order valence-electron chi connectivity index (χ4n) is 3.59. The zero-order valence-corrected chi connectivity index (χ0v) is 15.3. The maximum atomic E-state index is 5.93. The van der Waals surface area contributed by atoms with Crippen LogP contribution in [0.25, 0.3) is 0 Å². The van der Waals surface area contributed by atoms with Gasteiger partial charge in [0.1, 0.15) is 0 Å². The van der Waals surface area contributed by atoms with Crippen molar-refractivity contribution >= 4 is 11.6 Å². The lowest BCUT2D eigenvalue weighted by molar-refractivity contribution is 0.0992. The summed E-state index contributed by atoms with van der Waals surface area (Å²) in [5, 5.41) is 6.94. The number of aliphatic imine (C=N–C) groups is 1. The molecule has 5 heteroatoms. The zero-order valence-electron chi connectivity index (χ0n) is 15.3. The molecule has 2 N–H and O–H groups in total. The molecule has 0 amide bonds. The van der Waals surface area contributed by atoms with E-state index in [2.05, 4.69) is 61.7 Å². The van der Waals surface area contributed by atoms with Crippen LogP contribution < -0.4 is 15.5 Å². The predicted molar refractivity (Wildman–Crippen MR) is 99.8 cm³/mol. The van der Waals surface area contributed by atoms with E-state index >= 15 is 0 Å². The molecule has 2 fully saturated rings. The average Bonchev–Trinajstić information content (AvgIpc) is 3.16. The van der Waals surface area contributed by atoms with Crippen molar-refractivity contribution in [1.29, 1.82) is 0 Å². The molecule has 3 rings (SSSR count). The molecule has 2 heterocycles. The standard InChI is InChI=1S/C19H30N4O/c1-5-20-19(22-17-11-16-8-9-18(17)24-16)21-12-14-6-7-15(23(3)4)10-13(14)2/h6-7,10,16-18H,5,8-9,11-12H2,1-4H3,(H2,20,21,22). The third-order valence-electron chi connectivity index (χ3n) is 5.02. The third-order valence-corrected chi connectivity index (χ3v) is 5.02. The van der Waals surface area contributed by atoms with Gasteiger partial charge in [-0.2, -0.15) is 0 Å². The summed E-state index contributed by atoms with van der Waals surface area (Å²) in [6, 6.07) is 6.95. The van der Waals surface area contributed by atoms with Crippen molar-refractivity contribution < 1.29 is 4.74 Å². The minimum absolute atomic E-state index is 0.361. The molecule has 0 saturated carbocycles. The van der Waals surface area contributed by atoms with E-state index in [0.717, 1.165) is 18.9 Å². The molecule has 2 saturated heterocycles. The first-order valence-electron chi connectivity index (χ1n) is 9.04. The summed E-state index contributed by atoms with van der Waals surface area (Å²) in [6.45, 7) is 5.82. The van der Waals surface area contributed by atoms with Crippen LogP contribution in [0.4, 0.5) is 5.69 Å². The van der Waals surface area contributed by atoms with Gasteiger partial charge in [0.15, 0.2) is 5.96 Å². The minimum atomic E-state index is 0.361. The van der Waals surface area contributed by atoms with E-state index in [1.165, 1.54) is 29.7 Å². The molecule has 132 valence electrons. The van der Waals surface area contributed by atoms with Gasteiger partial charge in [0.2, 0.25) is 0 Å². The van der Waals surface area contributed by atoms with E-state index < -0.39 is 0 Å². The van der Waals surface area contributed by atoms with Gasteiger partial charge in [-0.25, -0.2) is 4.99 Å². The maximum Gasteiger partial charge on any atom is 0.191 e. The molecule has 3 unspecified atom stereocenters. The van der Waals surface area contributed by atoms with Crippen molar-refractivity contribution in [3.8, 4) is 0 Å². The Kier molecular flexibility index (Phi) is 5.29. The Morgan fingerprint density at radius 2 is 2.17 bits per heavy atom. The molecule has 24 heavy (non-hydrogen) atoms. The summed E-state index contributed by atoms with van der Waals surface area (Å²) in [4.78, 5) is 6.92. The van der Waals surface area contributed by atoms with Gasteiger partial charge in [0, 0.05) is 26.3 Å². The molecule has 0 radical (unpaired) electrons. The molecule has 3 atom stereocenters. The van der Waals surface area contributed by atoms with Gasteiger partial charge in [0.25, 0.3) is 0 Å². The van der Waals surface area contributed by atoms with Crippen LogP contribution in [0.5, 0.6) is 0 Å². The molecule has 2 aliphatic rings. The second-order valence-corrected chi connectivity index (χ2v) is 7.06. The highest BCUT2D eigenvalue weighted by atomic mass is 16.5. The number of benzene rings is 1. The Bertz CT molecular complexity index is 599. The molecular formula is C19H30N4O. The second-order valence-electron chi connectivity index (χ2n) is 7.06. The number of rotatable bonds is 5. The van der Waals surface area contributed by atoms with E-state index in [4.69, 9.17) is 9.73 Å². The fraction of sp³-hybridized carbons (Fsp3) is 0.632. The Morgan fingerprint density at radius 1 is 1.33 bits per heavy atom. The van der Waals surface area contributed by atoms with Crippen LogP contribution in [0.3, 0.4) is 0 Å². The van der Waals surface area contributed by atoms with Crippen molar-refractivity contribution in [1.82, 2.24) is 10.6 Å². The van der Waals surface area contributed by atoms with Gasteiger partial charge in [-0.1, -0.05) is 6.07 Å². The molecule has 0 spiro atoms. The van der Waals surface area contributed by atoms with Crippen molar-refractivity contribution in [2.45, 2.75) is 57.9 Å². The SMILES string of the molecule is CCNC(=NCc1ccc(N(C)C)cc1C)NC1CC2CCC1O2. The van der Waals surface area contributed by atoms with Gasteiger partial charge in [-0.05, 0) is 56.4 Å². The first kappa shape index (κ1) is 17.1. The number of nitrogens with one attached hydrogen (secondary N) is 2. The van der Waals surface area contributed by atoms with E-state index in [1.54, 1.807) is 0 Å².